The number of hydrogen-bond acceptors (Lipinski definition) is 0. The van der Waals surface area contributed by atoms with E-state index in [1.165, 1.54) is 49.7 Å². The van der Waals surface area contributed by atoms with Crippen LogP contribution in [-0.2, 0) is 0 Å². The molecule has 0 spiro atoms. The molecule has 0 amide bonds. The molecule has 5 rings (SSSR count). The van der Waals surface area contributed by atoms with Crippen LogP contribution in [-0.4, -0.2) is 0 Å². The van der Waals surface area contributed by atoms with E-state index in [2.05, 4.69) is 152 Å². The summed E-state index contributed by atoms with van der Waals surface area (Å²) in [4.78, 5) is 0. The van der Waals surface area contributed by atoms with Crippen LogP contribution >= 0.6 is 47.8 Å². The third-order valence-electron chi connectivity index (χ3n) is 5.85. The molecule has 5 aromatic rings. The standard InChI is InChI=1S/C29H19Br3/c1-18-27(20-7-11-22(30)12-8-20)25-16-15-24(32)17-26(25)29(21-9-13-23(31)14-10-21)28(18)19-5-3-2-4-6-19/h2-17H,1H3. The van der Waals surface area contributed by atoms with E-state index in [4.69, 9.17) is 0 Å². The van der Waals surface area contributed by atoms with E-state index >= 15 is 0 Å². The summed E-state index contributed by atoms with van der Waals surface area (Å²) in [5.41, 5.74) is 8.75. The minimum Gasteiger partial charge on any atom is -0.0622 e. The highest BCUT2D eigenvalue weighted by atomic mass is 79.9. The molecule has 0 nitrogen and oxygen atoms in total. The molecular weight excluding hydrogens is 588 g/mol. The van der Waals surface area contributed by atoms with Crippen molar-refractivity contribution in [1.29, 1.82) is 0 Å². The van der Waals surface area contributed by atoms with Crippen LogP contribution in [0.25, 0.3) is 44.2 Å². The lowest BCUT2D eigenvalue weighted by Gasteiger charge is -2.22. The van der Waals surface area contributed by atoms with Gasteiger partial charge in [0.2, 0.25) is 0 Å². The first-order valence-corrected chi connectivity index (χ1v) is 12.7. The number of fused-ring (bicyclic) bond motifs is 1. The number of hydrogen-bond donors (Lipinski definition) is 0. The van der Waals surface area contributed by atoms with Crippen LogP contribution in [0.1, 0.15) is 5.56 Å². The molecule has 0 saturated carbocycles. The maximum atomic E-state index is 3.73. The number of halogens is 3. The summed E-state index contributed by atoms with van der Waals surface area (Å²) in [6.45, 7) is 2.25. The summed E-state index contributed by atoms with van der Waals surface area (Å²) >= 11 is 10.9. The Morgan fingerprint density at radius 3 is 1.53 bits per heavy atom. The predicted molar refractivity (Wildman–Crippen MR) is 148 cm³/mol. The number of benzene rings is 5. The summed E-state index contributed by atoms with van der Waals surface area (Å²) in [5, 5.41) is 2.50. The highest BCUT2D eigenvalue weighted by Gasteiger charge is 2.20. The second kappa shape index (κ2) is 8.97. The fraction of sp³-hybridized carbons (Fsp3) is 0.0345. The zero-order valence-corrected chi connectivity index (χ0v) is 22.1. The topological polar surface area (TPSA) is 0 Å². The SMILES string of the molecule is Cc1c(-c2ccccc2)c(-c2ccc(Br)cc2)c2cc(Br)ccc2c1-c1ccc(Br)cc1. The average Bonchev–Trinajstić information content (AvgIpc) is 2.81. The molecule has 3 heteroatoms. The van der Waals surface area contributed by atoms with Gasteiger partial charge in [0.05, 0.1) is 0 Å². The van der Waals surface area contributed by atoms with Gasteiger partial charge in [0, 0.05) is 13.4 Å². The van der Waals surface area contributed by atoms with Crippen molar-refractivity contribution in [3.8, 4) is 33.4 Å². The van der Waals surface area contributed by atoms with Gasteiger partial charge in [-0.25, -0.2) is 0 Å². The first-order chi connectivity index (χ1) is 15.5. The van der Waals surface area contributed by atoms with Gasteiger partial charge in [-0.3, -0.25) is 0 Å². The molecule has 156 valence electrons. The van der Waals surface area contributed by atoms with Gasteiger partial charge in [0.15, 0.2) is 0 Å². The second-order valence-corrected chi connectivity index (χ2v) is 10.6. The molecular formula is C29H19Br3. The Morgan fingerprint density at radius 2 is 0.938 bits per heavy atom. The lowest BCUT2D eigenvalue weighted by molar-refractivity contribution is 1.46. The van der Waals surface area contributed by atoms with Gasteiger partial charge in [-0.05, 0) is 93.0 Å². The van der Waals surface area contributed by atoms with Crippen molar-refractivity contribution in [1.82, 2.24) is 0 Å². The van der Waals surface area contributed by atoms with E-state index in [9.17, 15) is 0 Å². The minimum atomic E-state index is 1.08. The third-order valence-corrected chi connectivity index (χ3v) is 7.40. The molecule has 0 radical (unpaired) electrons. The normalized spacial score (nSPS) is 11.1. The van der Waals surface area contributed by atoms with E-state index in [0.29, 0.717) is 0 Å². The minimum absolute atomic E-state index is 1.08. The maximum Gasteiger partial charge on any atom is 0.0181 e. The van der Waals surface area contributed by atoms with Crippen molar-refractivity contribution in [3.05, 3.63) is 116 Å². The summed E-state index contributed by atoms with van der Waals surface area (Å²) in [6, 6.07) is 34.6. The zero-order valence-electron chi connectivity index (χ0n) is 17.4. The van der Waals surface area contributed by atoms with E-state index < -0.39 is 0 Å². The molecule has 0 heterocycles. The van der Waals surface area contributed by atoms with E-state index in [1.54, 1.807) is 0 Å². The quantitative estimate of drug-likeness (QED) is 0.192. The molecule has 0 aliphatic heterocycles. The Balaban J connectivity index is 1.98. The van der Waals surface area contributed by atoms with Crippen LogP contribution in [0.5, 0.6) is 0 Å². The third kappa shape index (κ3) is 3.98. The van der Waals surface area contributed by atoms with Gasteiger partial charge in [-0.1, -0.05) is 108 Å². The molecule has 0 atom stereocenters. The molecule has 0 aromatic heterocycles. The second-order valence-electron chi connectivity index (χ2n) is 7.82. The van der Waals surface area contributed by atoms with Crippen molar-refractivity contribution in [3.63, 3.8) is 0 Å². The van der Waals surface area contributed by atoms with Gasteiger partial charge < -0.3 is 0 Å². The molecule has 0 N–H and O–H groups in total. The summed E-state index contributed by atoms with van der Waals surface area (Å²) in [6.07, 6.45) is 0. The highest BCUT2D eigenvalue weighted by Crippen LogP contribution is 2.47. The Kier molecular flexibility index (Phi) is 6.07. The smallest absolute Gasteiger partial charge is 0.0181 e. The fourth-order valence-corrected chi connectivity index (χ4v) is 5.35. The van der Waals surface area contributed by atoms with Crippen LogP contribution in [0.4, 0.5) is 0 Å². The van der Waals surface area contributed by atoms with Crippen molar-refractivity contribution >= 4 is 58.6 Å². The van der Waals surface area contributed by atoms with Crippen LogP contribution in [0, 0.1) is 6.92 Å². The van der Waals surface area contributed by atoms with E-state index in [1.807, 2.05) is 0 Å². The Hall–Kier alpha value is -2.20. The molecule has 0 aliphatic rings. The Bertz CT molecular complexity index is 1420. The van der Waals surface area contributed by atoms with Gasteiger partial charge in [0.25, 0.3) is 0 Å². The van der Waals surface area contributed by atoms with Gasteiger partial charge in [-0.15, -0.1) is 0 Å². The molecule has 0 saturated heterocycles. The highest BCUT2D eigenvalue weighted by molar-refractivity contribution is 9.11. The van der Waals surface area contributed by atoms with Gasteiger partial charge >= 0.3 is 0 Å². The lowest BCUT2D eigenvalue weighted by Crippen LogP contribution is -1.96. The summed E-state index contributed by atoms with van der Waals surface area (Å²) < 4.78 is 3.24. The van der Waals surface area contributed by atoms with E-state index in [-0.39, 0.29) is 0 Å². The van der Waals surface area contributed by atoms with Gasteiger partial charge in [-0.2, -0.15) is 0 Å². The van der Waals surface area contributed by atoms with Crippen molar-refractivity contribution in [2.24, 2.45) is 0 Å². The van der Waals surface area contributed by atoms with Crippen molar-refractivity contribution in [2.75, 3.05) is 0 Å². The van der Waals surface area contributed by atoms with Crippen LogP contribution < -0.4 is 0 Å². The van der Waals surface area contributed by atoms with Crippen molar-refractivity contribution in [2.45, 2.75) is 6.92 Å². The summed E-state index contributed by atoms with van der Waals surface area (Å²) in [7, 11) is 0. The Labute approximate surface area is 213 Å². The molecule has 0 aliphatic carbocycles. The average molecular weight is 607 g/mol. The predicted octanol–water partition coefficient (Wildman–Crippen LogP) is 10.4. The zero-order chi connectivity index (χ0) is 22.2. The number of rotatable bonds is 3. The van der Waals surface area contributed by atoms with Gasteiger partial charge in [0.1, 0.15) is 0 Å². The first kappa shape index (κ1) is 21.6. The molecule has 0 bridgehead atoms. The molecule has 5 aromatic carbocycles. The monoisotopic (exact) mass is 604 g/mol. The first-order valence-electron chi connectivity index (χ1n) is 10.4. The fourth-order valence-electron chi connectivity index (χ4n) is 4.46. The van der Waals surface area contributed by atoms with Crippen LogP contribution in [0.2, 0.25) is 0 Å². The maximum absolute atomic E-state index is 3.73. The lowest BCUT2D eigenvalue weighted by atomic mass is 9.82. The van der Waals surface area contributed by atoms with Crippen LogP contribution in [0.3, 0.4) is 0 Å². The summed E-state index contributed by atoms with van der Waals surface area (Å²) in [5.74, 6) is 0. The molecule has 0 fully saturated rings. The van der Waals surface area contributed by atoms with Crippen LogP contribution in [0.15, 0.2) is 110 Å². The molecule has 0 unspecified atom stereocenters. The van der Waals surface area contributed by atoms with Crippen molar-refractivity contribution < 1.29 is 0 Å². The molecule has 32 heavy (non-hydrogen) atoms. The largest absolute Gasteiger partial charge is 0.0622 e. The van der Waals surface area contributed by atoms with E-state index in [0.717, 1.165) is 13.4 Å². The Morgan fingerprint density at radius 1 is 0.438 bits per heavy atom.